The van der Waals surface area contributed by atoms with Crippen molar-refractivity contribution in [3.8, 4) is 11.5 Å². The quantitative estimate of drug-likeness (QED) is 0.815. The van der Waals surface area contributed by atoms with E-state index in [1.807, 2.05) is 7.05 Å². The van der Waals surface area contributed by atoms with Crippen LogP contribution in [0.3, 0.4) is 0 Å². The van der Waals surface area contributed by atoms with Gasteiger partial charge in [0.05, 0.1) is 17.2 Å². The molecule has 0 bridgehead atoms. The van der Waals surface area contributed by atoms with Crippen LogP contribution in [0.4, 0.5) is 0 Å². The molecule has 0 atom stereocenters. The monoisotopic (exact) mass is 249 g/mol. The van der Waals surface area contributed by atoms with Crippen LogP contribution in [-0.2, 0) is 0 Å². The molecular weight excluding hydrogens is 237 g/mol. The van der Waals surface area contributed by atoms with Gasteiger partial charge in [-0.3, -0.25) is 0 Å². The van der Waals surface area contributed by atoms with Crippen molar-refractivity contribution in [3.05, 3.63) is 22.2 Å². The summed E-state index contributed by atoms with van der Waals surface area (Å²) in [5, 5.41) is 3.87. The molecule has 0 saturated carbocycles. The van der Waals surface area contributed by atoms with Gasteiger partial charge in [-0.2, -0.15) is 0 Å². The number of methoxy groups -OCH3 is 1. The number of rotatable bonds is 5. The molecule has 0 amide bonds. The molecule has 0 heterocycles. The molecule has 0 fully saturated rings. The van der Waals surface area contributed by atoms with Crippen LogP contribution in [0.5, 0.6) is 11.5 Å². The Morgan fingerprint density at radius 3 is 2.33 bits per heavy atom. The highest BCUT2D eigenvalue weighted by Crippen LogP contribution is 2.36. The first-order valence-corrected chi connectivity index (χ1v) is 5.25. The van der Waals surface area contributed by atoms with Gasteiger partial charge in [0.25, 0.3) is 0 Å². The fraction of sp³-hybridized carbons (Fsp3) is 0.400. The van der Waals surface area contributed by atoms with Gasteiger partial charge in [-0.15, -0.1) is 0 Å². The normalized spacial score (nSPS) is 10.1. The van der Waals surface area contributed by atoms with Gasteiger partial charge in [0.1, 0.15) is 12.4 Å². The Morgan fingerprint density at radius 1 is 1.27 bits per heavy atom. The van der Waals surface area contributed by atoms with E-state index < -0.39 is 0 Å². The maximum Gasteiger partial charge on any atom is 0.156 e. The van der Waals surface area contributed by atoms with Gasteiger partial charge in [0, 0.05) is 18.7 Å². The average Bonchev–Trinajstić information content (AvgIpc) is 2.18. The SMILES string of the molecule is CNCCOc1cc(Cl)c(OC)c(Cl)c1. The van der Waals surface area contributed by atoms with Crippen molar-refractivity contribution in [2.45, 2.75) is 0 Å². The molecule has 1 rings (SSSR count). The minimum Gasteiger partial charge on any atom is -0.494 e. The second kappa shape index (κ2) is 6.05. The molecule has 0 aliphatic rings. The molecule has 0 saturated heterocycles. The van der Waals surface area contributed by atoms with Crippen molar-refractivity contribution >= 4 is 23.2 Å². The van der Waals surface area contributed by atoms with Gasteiger partial charge in [-0.1, -0.05) is 23.2 Å². The topological polar surface area (TPSA) is 30.5 Å². The maximum absolute atomic E-state index is 5.94. The highest BCUT2D eigenvalue weighted by molar-refractivity contribution is 6.37. The van der Waals surface area contributed by atoms with Gasteiger partial charge < -0.3 is 14.8 Å². The Bertz CT molecular complexity index is 308. The van der Waals surface area contributed by atoms with Crippen molar-refractivity contribution in [2.24, 2.45) is 0 Å². The van der Waals surface area contributed by atoms with E-state index in [9.17, 15) is 0 Å². The van der Waals surface area contributed by atoms with Crippen LogP contribution in [-0.4, -0.2) is 27.3 Å². The van der Waals surface area contributed by atoms with Gasteiger partial charge in [-0.05, 0) is 7.05 Å². The molecule has 1 N–H and O–H groups in total. The van der Waals surface area contributed by atoms with Crippen LogP contribution >= 0.6 is 23.2 Å². The maximum atomic E-state index is 5.94. The number of likely N-dealkylation sites (N-methyl/N-ethyl adjacent to an activating group) is 1. The van der Waals surface area contributed by atoms with E-state index in [4.69, 9.17) is 32.7 Å². The second-order valence-corrected chi connectivity index (χ2v) is 3.69. The summed E-state index contributed by atoms with van der Waals surface area (Å²) in [4.78, 5) is 0. The lowest BCUT2D eigenvalue weighted by atomic mass is 10.3. The van der Waals surface area contributed by atoms with Gasteiger partial charge in [0.15, 0.2) is 5.75 Å². The summed E-state index contributed by atoms with van der Waals surface area (Å²) in [6.45, 7) is 1.33. The zero-order chi connectivity index (χ0) is 11.3. The molecule has 1 aromatic carbocycles. The number of benzene rings is 1. The van der Waals surface area contributed by atoms with Crippen LogP contribution in [0.2, 0.25) is 10.0 Å². The first kappa shape index (κ1) is 12.4. The molecule has 0 aliphatic heterocycles. The predicted molar refractivity (Wildman–Crippen MR) is 62.4 cm³/mol. The van der Waals surface area contributed by atoms with Crippen LogP contribution < -0.4 is 14.8 Å². The second-order valence-electron chi connectivity index (χ2n) is 2.87. The summed E-state index contributed by atoms with van der Waals surface area (Å²) in [5.41, 5.74) is 0. The van der Waals surface area contributed by atoms with Crippen molar-refractivity contribution < 1.29 is 9.47 Å². The highest BCUT2D eigenvalue weighted by atomic mass is 35.5. The van der Waals surface area contributed by atoms with Crippen LogP contribution in [0.1, 0.15) is 0 Å². The molecule has 15 heavy (non-hydrogen) atoms. The number of halogens is 2. The minimum atomic E-state index is 0.449. The van der Waals surface area contributed by atoms with E-state index in [0.29, 0.717) is 28.2 Å². The smallest absolute Gasteiger partial charge is 0.156 e. The van der Waals surface area contributed by atoms with Crippen molar-refractivity contribution in [1.29, 1.82) is 0 Å². The third-order valence-electron chi connectivity index (χ3n) is 1.80. The first-order chi connectivity index (χ1) is 7.19. The Morgan fingerprint density at radius 2 is 1.87 bits per heavy atom. The summed E-state index contributed by atoms with van der Waals surface area (Å²) < 4.78 is 10.4. The van der Waals surface area contributed by atoms with E-state index in [2.05, 4.69) is 5.32 Å². The van der Waals surface area contributed by atoms with Crippen LogP contribution in [0, 0.1) is 0 Å². The summed E-state index contributed by atoms with van der Waals surface area (Å²) in [6, 6.07) is 3.36. The van der Waals surface area contributed by atoms with Gasteiger partial charge >= 0.3 is 0 Å². The fourth-order valence-electron chi connectivity index (χ4n) is 1.09. The molecule has 84 valence electrons. The van der Waals surface area contributed by atoms with E-state index in [0.717, 1.165) is 6.54 Å². The summed E-state index contributed by atoms with van der Waals surface area (Å²) in [5.74, 6) is 1.11. The highest BCUT2D eigenvalue weighted by Gasteiger charge is 2.08. The molecule has 0 aromatic heterocycles. The van der Waals surface area contributed by atoms with Gasteiger partial charge in [-0.25, -0.2) is 0 Å². The Hall–Kier alpha value is -0.640. The van der Waals surface area contributed by atoms with E-state index in [-0.39, 0.29) is 0 Å². The molecule has 3 nitrogen and oxygen atoms in total. The zero-order valence-corrected chi connectivity index (χ0v) is 10.2. The molecular formula is C10H13Cl2NO2. The lowest BCUT2D eigenvalue weighted by Crippen LogP contribution is -2.15. The zero-order valence-electron chi connectivity index (χ0n) is 8.64. The summed E-state index contributed by atoms with van der Waals surface area (Å²) in [7, 11) is 3.38. The molecule has 0 unspecified atom stereocenters. The van der Waals surface area contributed by atoms with Crippen molar-refractivity contribution in [3.63, 3.8) is 0 Å². The first-order valence-electron chi connectivity index (χ1n) is 4.49. The largest absolute Gasteiger partial charge is 0.494 e. The predicted octanol–water partition coefficient (Wildman–Crippen LogP) is 2.60. The van der Waals surface area contributed by atoms with Crippen molar-refractivity contribution in [2.75, 3.05) is 27.3 Å². The average molecular weight is 250 g/mol. The fourth-order valence-corrected chi connectivity index (χ4v) is 1.71. The number of hydrogen-bond donors (Lipinski definition) is 1. The lowest BCUT2D eigenvalue weighted by molar-refractivity contribution is 0.317. The Balaban J connectivity index is 2.75. The molecule has 0 aliphatic carbocycles. The van der Waals surface area contributed by atoms with E-state index in [1.54, 1.807) is 12.1 Å². The Kier molecular flexibility index (Phi) is 5.02. The molecule has 0 radical (unpaired) electrons. The number of hydrogen-bond acceptors (Lipinski definition) is 3. The molecule has 1 aromatic rings. The standard InChI is InChI=1S/C10H13Cl2NO2/c1-13-3-4-15-7-5-8(11)10(14-2)9(12)6-7/h5-6,13H,3-4H2,1-2H3. The van der Waals surface area contributed by atoms with Gasteiger partial charge in [0.2, 0.25) is 0 Å². The number of nitrogens with one attached hydrogen (secondary N) is 1. The van der Waals surface area contributed by atoms with E-state index >= 15 is 0 Å². The Labute approximate surface area is 99.3 Å². The van der Waals surface area contributed by atoms with Crippen molar-refractivity contribution in [1.82, 2.24) is 5.32 Å². The minimum absolute atomic E-state index is 0.449. The summed E-state index contributed by atoms with van der Waals surface area (Å²) >= 11 is 11.9. The molecule has 5 heteroatoms. The third-order valence-corrected chi connectivity index (χ3v) is 2.36. The van der Waals surface area contributed by atoms with Crippen LogP contribution in [0.15, 0.2) is 12.1 Å². The summed E-state index contributed by atoms with van der Waals surface area (Å²) in [6.07, 6.45) is 0. The van der Waals surface area contributed by atoms with Crippen LogP contribution in [0.25, 0.3) is 0 Å². The lowest BCUT2D eigenvalue weighted by Gasteiger charge is -2.10. The number of ether oxygens (including phenoxy) is 2. The van der Waals surface area contributed by atoms with E-state index in [1.165, 1.54) is 7.11 Å². The third kappa shape index (κ3) is 3.45. The molecule has 0 spiro atoms.